The van der Waals surface area contributed by atoms with E-state index in [2.05, 4.69) is 4.90 Å². The lowest BCUT2D eigenvalue weighted by molar-refractivity contribution is -0.127. The van der Waals surface area contributed by atoms with Crippen LogP contribution in [-0.4, -0.2) is 42.0 Å². The predicted octanol–water partition coefficient (Wildman–Crippen LogP) is 0.916. The van der Waals surface area contributed by atoms with Crippen molar-refractivity contribution in [3.05, 3.63) is 0 Å². The molecule has 1 atom stereocenters. The van der Waals surface area contributed by atoms with E-state index in [1.54, 1.807) is 0 Å². The highest BCUT2D eigenvalue weighted by molar-refractivity contribution is 5.85. The summed E-state index contributed by atoms with van der Waals surface area (Å²) in [5.41, 5.74) is -0.239. The van der Waals surface area contributed by atoms with Crippen LogP contribution in [0.15, 0.2) is 0 Å². The Hall–Kier alpha value is -0.410. The molecular weight excluding hydrogens is 178 g/mol. The molecule has 3 heteroatoms. The van der Waals surface area contributed by atoms with E-state index in [0.717, 1.165) is 19.5 Å². The zero-order valence-corrected chi connectivity index (χ0v) is 9.42. The highest BCUT2D eigenvalue weighted by atomic mass is 16.3. The summed E-state index contributed by atoms with van der Waals surface area (Å²) in [5.74, 6) is 0.666. The van der Waals surface area contributed by atoms with Gasteiger partial charge < -0.3 is 5.11 Å². The van der Waals surface area contributed by atoms with Crippen LogP contribution in [0.5, 0.6) is 0 Å². The Morgan fingerprint density at radius 2 is 2.14 bits per heavy atom. The Kier molecular flexibility index (Phi) is 3.67. The van der Waals surface area contributed by atoms with E-state index in [4.69, 9.17) is 5.11 Å². The van der Waals surface area contributed by atoms with Crippen molar-refractivity contribution in [2.75, 3.05) is 26.2 Å². The van der Waals surface area contributed by atoms with Gasteiger partial charge in [-0.1, -0.05) is 20.8 Å². The van der Waals surface area contributed by atoms with Crippen molar-refractivity contribution >= 4 is 5.78 Å². The molecule has 0 radical (unpaired) electrons. The molecule has 1 saturated heterocycles. The number of likely N-dealkylation sites (tertiary alicyclic amines) is 1. The number of carbonyl (C=O) groups excluding carboxylic acids is 1. The van der Waals surface area contributed by atoms with Gasteiger partial charge in [0.15, 0.2) is 5.78 Å². The molecule has 3 nitrogen and oxygen atoms in total. The molecular formula is C11H21NO2. The summed E-state index contributed by atoms with van der Waals surface area (Å²) in [7, 11) is 0. The monoisotopic (exact) mass is 199 g/mol. The van der Waals surface area contributed by atoms with Gasteiger partial charge in [-0.3, -0.25) is 9.69 Å². The fraction of sp³-hybridized carbons (Fsp3) is 0.909. The second-order valence-corrected chi connectivity index (χ2v) is 5.25. The molecule has 0 amide bonds. The molecule has 1 aliphatic rings. The molecule has 1 aliphatic heterocycles. The second-order valence-electron chi connectivity index (χ2n) is 5.25. The normalized spacial score (nSPS) is 24.1. The first-order valence-corrected chi connectivity index (χ1v) is 5.30. The van der Waals surface area contributed by atoms with Crippen molar-refractivity contribution in [3.8, 4) is 0 Å². The Balaban J connectivity index is 2.36. The number of Topliss-reactive ketones (excluding diaryl/α,β-unsaturated/α-hetero) is 1. The van der Waals surface area contributed by atoms with Gasteiger partial charge in [-0.15, -0.1) is 0 Å². The van der Waals surface area contributed by atoms with Crippen molar-refractivity contribution < 1.29 is 9.90 Å². The van der Waals surface area contributed by atoms with Crippen LogP contribution >= 0.6 is 0 Å². The summed E-state index contributed by atoms with van der Waals surface area (Å²) in [6, 6.07) is 0. The topological polar surface area (TPSA) is 40.5 Å². The highest BCUT2D eigenvalue weighted by Crippen LogP contribution is 2.19. The molecule has 0 aromatic carbocycles. The van der Waals surface area contributed by atoms with Crippen LogP contribution in [0.3, 0.4) is 0 Å². The minimum atomic E-state index is -0.239. The summed E-state index contributed by atoms with van der Waals surface area (Å²) in [4.78, 5) is 13.9. The third-order valence-corrected chi connectivity index (χ3v) is 2.83. The molecule has 0 bridgehead atoms. The zero-order chi connectivity index (χ0) is 10.8. The Morgan fingerprint density at radius 1 is 1.50 bits per heavy atom. The maximum atomic E-state index is 11.7. The van der Waals surface area contributed by atoms with Crippen LogP contribution in [0.1, 0.15) is 27.2 Å². The molecule has 0 aliphatic carbocycles. The maximum Gasteiger partial charge on any atom is 0.152 e. The minimum absolute atomic E-state index is 0.239. The van der Waals surface area contributed by atoms with E-state index in [-0.39, 0.29) is 17.8 Å². The highest BCUT2D eigenvalue weighted by Gasteiger charge is 2.27. The molecule has 1 rings (SSSR count). The average Bonchev–Trinajstić information content (AvgIpc) is 2.50. The van der Waals surface area contributed by atoms with Gasteiger partial charge in [0.25, 0.3) is 0 Å². The van der Waals surface area contributed by atoms with Gasteiger partial charge in [0, 0.05) is 18.6 Å². The predicted molar refractivity (Wildman–Crippen MR) is 56.1 cm³/mol. The molecule has 82 valence electrons. The van der Waals surface area contributed by atoms with Crippen LogP contribution in [0.4, 0.5) is 0 Å². The van der Waals surface area contributed by atoms with Gasteiger partial charge in [0.1, 0.15) is 0 Å². The van der Waals surface area contributed by atoms with E-state index in [1.807, 2.05) is 20.8 Å². The van der Waals surface area contributed by atoms with Gasteiger partial charge in [0.2, 0.25) is 0 Å². The molecule has 0 unspecified atom stereocenters. The average molecular weight is 199 g/mol. The van der Waals surface area contributed by atoms with Crippen molar-refractivity contribution in [3.63, 3.8) is 0 Å². The van der Waals surface area contributed by atoms with Crippen LogP contribution in [-0.2, 0) is 4.79 Å². The Morgan fingerprint density at radius 3 is 2.57 bits per heavy atom. The number of aliphatic hydroxyl groups excluding tert-OH is 1. The number of rotatable bonds is 3. The maximum absolute atomic E-state index is 11.7. The zero-order valence-electron chi connectivity index (χ0n) is 9.42. The first kappa shape index (κ1) is 11.7. The lowest BCUT2D eigenvalue weighted by Crippen LogP contribution is -2.34. The van der Waals surface area contributed by atoms with Crippen LogP contribution in [0, 0.1) is 11.3 Å². The van der Waals surface area contributed by atoms with Crippen molar-refractivity contribution in [2.24, 2.45) is 11.3 Å². The lowest BCUT2D eigenvalue weighted by Gasteiger charge is -2.21. The van der Waals surface area contributed by atoms with Crippen molar-refractivity contribution in [2.45, 2.75) is 27.2 Å². The van der Waals surface area contributed by atoms with Gasteiger partial charge in [-0.2, -0.15) is 0 Å². The summed E-state index contributed by atoms with van der Waals surface area (Å²) < 4.78 is 0. The molecule has 1 fully saturated rings. The van der Waals surface area contributed by atoms with E-state index < -0.39 is 0 Å². The summed E-state index contributed by atoms with van der Waals surface area (Å²) in [5, 5.41) is 8.97. The van der Waals surface area contributed by atoms with Gasteiger partial charge in [-0.05, 0) is 18.9 Å². The summed E-state index contributed by atoms with van der Waals surface area (Å²) >= 11 is 0. The van der Waals surface area contributed by atoms with E-state index in [0.29, 0.717) is 12.5 Å². The molecule has 1 N–H and O–H groups in total. The fourth-order valence-electron chi connectivity index (χ4n) is 1.65. The molecule has 0 spiro atoms. The van der Waals surface area contributed by atoms with Gasteiger partial charge >= 0.3 is 0 Å². The number of ketones is 1. The number of hydrogen-bond acceptors (Lipinski definition) is 3. The fourth-order valence-corrected chi connectivity index (χ4v) is 1.65. The number of hydrogen-bond donors (Lipinski definition) is 1. The molecule has 14 heavy (non-hydrogen) atoms. The van der Waals surface area contributed by atoms with Crippen LogP contribution in [0.2, 0.25) is 0 Å². The molecule has 0 aromatic rings. The largest absolute Gasteiger partial charge is 0.396 e. The van der Waals surface area contributed by atoms with E-state index >= 15 is 0 Å². The number of aliphatic hydroxyl groups is 1. The molecule has 1 heterocycles. The third kappa shape index (κ3) is 3.07. The molecule has 0 saturated carbocycles. The summed E-state index contributed by atoms with van der Waals surface area (Å²) in [6.07, 6.45) is 1.02. The number of nitrogens with zero attached hydrogens (tertiary/aromatic N) is 1. The van der Waals surface area contributed by atoms with E-state index in [9.17, 15) is 4.79 Å². The SMILES string of the molecule is CC(C)(C)C(=O)CN1CC[C@@H](CO)C1. The van der Waals surface area contributed by atoms with Gasteiger partial charge in [0.05, 0.1) is 6.54 Å². The lowest BCUT2D eigenvalue weighted by atomic mass is 9.90. The van der Waals surface area contributed by atoms with E-state index in [1.165, 1.54) is 0 Å². The second kappa shape index (κ2) is 4.41. The van der Waals surface area contributed by atoms with Crippen LogP contribution < -0.4 is 0 Å². The van der Waals surface area contributed by atoms with Crippen molar-refractivity contribution in [1.29, 1.82) is 0 Å². The first-order chi connectivity index (χ1) is 6.43. The van der Waals surface area contributed by atoms with Gasteiger partial charge in [-0.25, -0.2) is 0 Å². The van der Waals surface area contributed by atoms with Crippen molar-refractivity contribution in [1.82, 2.24) is 4.90 Å². The first-order valence-electron chi connectivity index (χ1n) is 5.30. The Labute approximate surface area is 86.1 Å². The Bertz CT molecular complexity index is 208. The smallest absolute Gasteiger partial charge is 0.152 e. The third-order valence-electron chi connectivity index (χ3n) is 2.83. The molecule has 0 aromatic heterocycles. The standard InChI is InChI=1S/C11H21NO2/c1-11(2,3)10(14)7-12-5-4-9(6-12)8-13/h9,13H,4-8H2,1-3H3/t9-/m1/s1. The number of carbonyl (C=O) groups is 1. The minimum Gasteiger partial charge on any atom is -0.396 e. The quantitative estimate of drug-likeness (QED) is 0.734. The van der Waals surface area contributed by atoms with Crippen LogP contribution in [0.25, 0.3) is 0 Å². The summed E-state index contributed by atoms with van der Waals surface area (Å²) in [6.45, 7) is 8.48.